The molecule has 0 saturated carbocycles. The van der Waals surface area contributed by atoms with Gasteiger partial charge in [-0.3, -0.25) is 4.21 Å². The lowest BCUT2D eigenvalue weighted by atomic mass is 10.1. The van der Waals surface area contributed by atoms with E-state index in [1.807, 2.05) is 13.8 Å². The topological polar surface area (TPSA) is 43.4 Å². The van der Waals surface area contributed by atoms with Gasteiger partial charge in [-0.2, -0.15) is 0 Å². The minimum absolute atomic E-state index is 0.447. The zero-order valence-corrected chi connectivity index (χ0v) is 7.48. The molecule has 0 aromatic carbocycles. The van der Waals surface area contributed by atoms with E-state index in [9.17, 15) is 8.76 Å². The summed E-state index contributed by atoms with van der Waals surface area (Å²) in [6, 6.07) is 0. The highest BCUT2D eigenvalue weighted by Gasteiger charge is 2.02. The second kappa shape index (κ2) is 4.82. The first-order valence-corrected chi connectivity index (χ1v) is 4.41. The molecule has 0 aliphatic rings. The average Bonchev–Trinajstić information content (AvgIpc) is 1.87. The fourth-order valence-corrected chi connectivity index (χ4v) is 1.01. The van der Waals surface area contributed by atoms with Gasteiger partial charge in [0.1, 0.15) is 0 Å². The van der Waals surface area contributed by atoms with Gasteiger partial charge < -0.3 is 4.55 Å². The first-order chi connectivity index (χ1) is 4.57. The molecule has 62 valence electrons. The van der Waals surface area contributed by atoms with E-state index in [0.717, 1.165) is 6.42 Å². The summed E-state index contributed by atoms with van der Waals surface area (Å²) < 4.78 is 21.9. The molecule has 2 unspecified atom stereocenters. The molecule has 0 radical (unpaired) electrons. The maximum atomic E-state index is 10.3. The fraction of sp³-hybridized carbons (Fsp3) is 1.00. The molecule has 0 aliphatic heterocycles. The van der Waals surface area contributed by atoms with E-state index >= 15 is 0 Å². The molecule has 0 saturated heterocycles. The highest BCUT2D eigenvalue weighted by Crippen LogP contribution is 2.02. The monoisotopic (exact) mass is 164 g/mol. The molecule has 0 N–H and O–H groups in total. The van der Waals surface area contributed by atoms with E-state index in [0.29, 0.717) is 12.5 Å². The van der Waals surface area contributed by atoms with Crippen LogP contribution < -0.4 is 0 Å². The summed E-state index contributed by atoms with van der Waals surface area (Å²) in [5.74, 6) is 0.447. The molecule has 0 aliphatic carbocycles. The molecule has 0 rings (SSSR count). The van der Waals surface area contributed by atoms with E-state index in [-0.39, 0.29) is 0 Å². The maximum absolute atomic E-state index is 10.3. The second-order valence-corrected chi connectivity index (χ2v) is 3.60. The fourth-order valence-electron chi connectivity index (χ4n) is 0.629. The summed E-state index contributed by atoms with van der Waals surface area (Å²) >= 11 is -2.05. The minimum Gasteiger partial charge on any atom is -0.760 e. The Labute approximate surface area is 64.8 Å². The number of hydrogen-bond acceptors (Lipinski definition) is 2. The van der Waals surface area contributed by atoms with Gasteiger partial charge in [-0.25, -0.2) is 4.31 Å². The SMILES string of the molecule is CCC(C)CN(C)S(=O)[O-]. The minimum atomic E-state index is -2.05. The van der Waals surface area contributed by atoms with Crippen LogP contribution in [0.4, 0.5) is 0 Å². The van der Waals surface area contributed by atoms with Crippen molar-refractivity contribution in [3.8, 4) is 0 Å². The van der Waals surface area contributed by atoms with Crippen LogP contribution in [-0.2, 0) is 11.3 Å². The first-order valence-electron chi connectivity index (χ1n) is 3.38. The predicted molar refractivity (Wildman–Crippen MR) is 41.0 cm³/mol. The lowest BCUT2D eigenvalue weighted by molar-refractivity contribution is 0.377. The van der Waals surface area contributed by atoms with Crippen molar-refractivity contribution in [1.29, 1.82) is 0 Å². The van der Waals surface area contributed by atoms with Gasteiger partial charge in [0.05, 0.1) is 0 Å². The summed E-state index contributed by atoms with van der Waals surface area (Å²) in [6.45, 7) is 4.70. The Morgan fingerprint density at radius 2 is 2.20 bits per heavy atom. The summed E-state index contributed by atoms with van der Waals surface area (Å²) in [4.78, 5) is 0. The molecule has 0 aromatic rings. The lowest BCUT2D eigenvalue weighted by Gasteiger charge is -2.21. The lowest BCUT2D eigenvalue weighted by Crippen LogP contribution is -2.25. The quantitative estimate of drug-likeness (QED) is 0.576. The van der Waals surface area contributed by atoms with Crippen molar-refractivity contribution in [2.45, 2.75) is 20.3 Å². The van der Waals surface area contributed by atoms with Crippen LogP contribution in [0.1, 0.15) is 20.3 Å². The van der Waals surface area contributed by atoms with Gasteiger partial charge in [0.25, 0.3) is 0 Å². The average molecular weight is 164 g/mol. The van der Waals surface area contributed by atoms with Gasteiger partial charge >= 0.3 is 0 Å². The molecule has 0 amide bonds. The summed E-state index contributed by atoms with van der Waals surface area (Å²) in [5, 5.41) is 0. The van der Waals surface area contributed by atoms with Crippen LogP contribution >= 0.6 is 0 Å². The molecule has 0 aromatic heterocycles. The Morgan fingerprint density at radius 3 is 2.50 bits per heavy atom. The first kappa shape index (κ1) is 10.1. The van der Waals surface area contributed by atoms with Crippen LogP contribution in [0.25, 0.3) is 0 Å². The number of hydrogen-bond donors (Lipinski definition) is 0. The third kappa shape index (κ3) is 3.98. The van der Waals surface area contributed by atoms with Gasteiger partial charge in [-0.15, -0.1) is 0 Å². The van der Waals surface area contributed by atoms with Gasteiger partial charge in [-0.1, -0.05) is 20.3 Å². The number of rotatable bonds is 4. The van der Waals surface area contributed by atoms with Gasteiger partial charge in [-0.05, 0) is 13.0 Å². The highest BCUT2D eigenvalue weighted by atomic mass is 32.2. The molecule has 10 heavy (non-hydrogen) atoms. The van der Waals surface area contributed by atoms with Crippen molar-refractivity contribution >= 4 is 11.3 Å². The van der Waals surface area contributed by atoms with Crippen molar-refractivity contribution in [3.63, 3.8) is 0 Å². The molecule has 4 heteroatoms. The normalized spacial score (nSPS) is 17.3. The summed E-state index contributed by atoms with van der Waals surface area (Å²) in [5.41, 5.74) is 0. The van der Waals surface area contributed by atoms with Crippen LogP contribution in [0.2, 0.25) is 0 Å². The van der Waals surface area contributed by atoms with Crippen molar-refractivity contribution < 1.29 is 8.76 Å². The standard InChI is InChI=1S/C6H15NO2S/c1-4-6(2)5-7(3)10(8)9/h6H,4-5H2,1-3H3,(H,8,9)/p-1. The predicted octanol–water partition coefficient (Wildman–Crippen LogP) is 0.758. The Morgan fingerprint density at radius 1 is 1.70 bits per heavy atom. The van der Waals surface area contributed by atoms with Crippen molar-refractivity contribution in [2.24, 2.45) is 5.92 Å². The van der Waals surface area contributed by atoms with Crippen molar-refractivity contribution in [1.82, 2.24) is 4.31 Å². The molecule has 0 fully saturated rings. The zero-order chi connectivity index (χ0) is 8.15. The van der Waals surface area contributed by atoms with Gasteiger partial charge in [0.2, 0.25) is 0 Å². The van der Waals surface area contributed by atoms with E-state index in [1.54, 1.807) is 7.05 Å². The molecule has 2 atom stereocenters. The van der Waals surface area contributed by atoms with Crippen LogP contribution in [-0.4, -0.2) is 26.7 Å². The van der Waals surface area contributed by atoms with Crippen molar-refractivity contribution in [2.75, 3.05) is 13.6 Å². The van der Waals surface area contributed by atoms with Crippen LogP contribution in [0.5, 0.6) is 0 Å². The molecular weight excluding hydrogens is 150 g/mol. The van der Waals surface area contributed by atoms with Crippen LogP contribution in [0, 0.1) is 5.92 Å². The van der Waals surface area contributed by atoms with Crippen molar-refractivity contribution in [3.05, 3.63) is 0 Å². The second-order valence-electron chi connectivity index (χ2n) is 2.54. The summed E-state index contributed by atoms with van der Waals surface area (Å²) in [6.07, 6.45) is 1.02. The molecule has 0 heterocycles. The highest BCUT2D eigenvalue weighted by molar-refractivity contribution is 7.76. The zero-order valence-electron chi connectivity index (χ0n) is 6.66. The summed E-state index contributed by atoms with van der Waals surface area (Å²) in [7, 11) is 1.58. The molecule has 0 bridgehead atoms. The smallest absolute Gasteiger partial charge is 0.0206 e. The molecule has 3 nitrogen and oxygen atoms in total. The Bertz CT molecular complexity index is 118. The van der Waals surface area contributed by atoms with Crippen LogP contribution in [0.15, 0.2) is 0 Å². The third-order valence-electron chi connectivity index (χ3n) is 1.52. The van der Waals surface area contributed by atoms with E-state index in [2.05, 4.69) is 0 Å². The van der Waals surface area contributed by atoms with E-state index < -0.39 is 11.3 Å². The molecule has 0 spiro atoms. The third-order valence-corrected chi connectivity index (χ3v) is 2.18. The Balaban J connectivity index is 3.56. The van der Waals surface area contributed by atoms with E-state index in [4.69, 9.17) is 0 Å². The van der Waals surface area contributed by atoms with Gasteiger partial charge in [0.15, 0.2) is 0 Å². The Hall–Kier alpha value is 0.0700. The maximum Gasteiger partial charge on any atom is 0.0206 e. The largest absolute Gasteiger partial charge is 0.760 e. The number of nitrogens with zero attached hydrogens (tertiary/aromatic N) is 1. The van der Waals surface area contributed by atoms with E-state index in [1.165, 1.54) is 4.31 Å². The Kier molecular flexibility index (Phi) is 4.85. The van der Waals surface area contributed by atoms with Crippen LogP contribution in [0.3, 0.4) is 0 Å². The molecular formula is C6H14NO2S-. The van der Waals surface area contributed by atoms with Gasteiger partial charge in [0, 0.05) is 17.8 Å².